The number of hydrogen-bond donors (Lipinski definition) is 2. The Labute approximate surface area is 185 Å². The van der Waals surface area contributed by atoms with E-state index in [1.807, 2.05) is 30.6 Å². The van der Waals surface area contributed by atoms with E-state index in [0.29, 0.717) is 16.9 Å². The van der Waals surface area contributed by atoms with Gasteiger partial charge in [-0.25, -0.2) is 0 Å². The van der Waals surface area contributed by atoms with Crippen molar-refractivity contribution in [3.05, 3.63) is 72.2 Å². The summed E-state index contributed by atoms with van der Waals surface area (Å²) in [5.41, 5.74) is 5.39. The molecule has 7 nitrogen and oxygen atoms in total. The van der Waals surface area contributed by atoms with Gasteiger partial charge in [0.05, 0.1) is 29.0 Å². The van der Waals surface area contributed by atoms with Gasteiger partial charge in [0.2, 0.25) is 0 Å². The SMILES string of the molecule is N#Cc1ccc(NC(=O)c2n[nH]c3ccc(-c4cncc(N5CCCCC5)c4)cc23)cc1. The second-order valence-electron chi connectivity index (χ2n) is 7.96. The van der Waals surface area contributed by atoms with Crippen LogP contribution in [0.4, 0.5) is 11.4 Å². The minimum absolute atomic E-state index is 0.307. The highest BCUT2D eigenvalue weighted by Crippen LogP contribution is 2.29. The summed E-state index contributed by atoms with van der Waals surface area (Å²) in [6.07, 6.45) is 7.48. The third-order valence-electron chi connectivity index (χ3n) is 5.83. The van der Waals surface area contributed by atoms with E-state index in [2.05, 4.69) is 37.5 Å². The van der Waals surface area contributed by atoms with Crippen LogP contribution in [0.25, 0.3) is 22.0 Å². The van der Waals surface area contributed by atoms with E-state index in [0.717, 1.165) is 40.8 Å². The third kappa shape index (κ3) is 3.91. The molecule has 32 heavy (non-hydrogen) atoms. The number of aromatic nitrogens is 3. The summed E-state index contributed by atoms with van der Waals surface area (Å²) < 4.78 is 0. The van der Waals surface area contributed by atoms with Crippen molar-refractivity contribution >= 4 is 28.2 Å². The highest BCUT2D eigenvalue weighted by atomic mass is 16.1. The van der Waals surface area contributed by atoms with Gasteiger partial charge in [-0.15, -0.1) is 0 Å². The monoisotopic (exact) mass is 422 g/mol. The minimum atomic E-state index is -0.307. The molecule has 0 spiro atoms. The molecule has 1 amide bonds. The zero-order valence-electron chi connectivity index (χ0n) is 17.5. The van der Waals surface area contributed by atoms with Gasteiger partial charge in [-0.1, -0.05) is 6.07 Å². The number of hydrogen-bond acceptors (Lipinski definition) is 5. The summed E-state index contributed by atoms with van der Waals surface area (Å²) in [7, 11) is 0. The molecule has 0 radical (unpaired) electrons. The largest absolute Gasteiger partial charge is 0.370 e. The van der Waals surface area contributed by atoms with E-state index < -0.39 is 0 Å². The first kappa shape index (κ1) is 19.8. The molecule has 1 aliphatic rings. The maximum atomic E-state index is 12.9. The molecule has 0 saturated carbocycles. The predicted octanol–water partition coefficient (Wildman–Crippen LogP) is 4.74. The van der Waals surface area contributed by atoms with Gasteiger partial charge < -0.3 is 10.2 Å². The van der Waals surface area contributed by atoms with Gasteiger partial charge in [0, 0.05) is 35.9 Å². The van der Waals surface area contributed by atoms with Gasteiger partial charge in [-0.3, -0.25) is 14.9 Å². The first-order valence-electron chi connectivity index (χ1n) is 10.7. The Morgan fingerprint density at radius 1 is 1.00 bits per heavy atom. The fourth-order valence-electron chi connectivity index (χ4n) is 4.10. The van der Waals surface area contributed by atoms with Crippen LogP contribution in [0.15, 0.2) is 60.9 Å². The van der Waals surface area contributed by atoms with Crippen molar-refractivity contribution in [1.29, 1.82) is 5.26 Å². The van der Waals surface area contributed by atoms with Crippen LogP contribution in [0.5, 0.6) is 0 Å². The molecule has 2 N–H and O–H groups in total. The highest BCUT2D eigenvalue weighted by molar-refractivity contribution is 6.11. The standard InChI is InChI=1S/C25H22N6O/c26-14-17-4-7-20(8-5-17)28-25(32)24-22-13-18(6-9-23(22)29-30-24)19-12-21(16-27-15-19)31-10-2-1-3-11-31/h4-9,12-13,15-16H,1-3,10-11H2,(H,28,32)(H,29,30). The van der Waals surface area contributed by atoms with Crippen molar-refractivity contribution in [3.8, 4) is 17.2 Å². The number of aromatic amines is 1. The fourth-order valence-corrected chi connectivity index (χ4v) is 4.10. The van der Waals surface area contributed by atoms with Crippen molar-refractivity contribution in [3.63, 3.8) is 0 Å². The number of rotatable bonds is 4. The first-order chi connectivity index (χ1) is 15.7. The zero-order valence-corrected chi connectivity index (χ0v) is 17.5. The van der Waals surface area contributed by atoms with Gasteiger partial charge in [0.1, 0.15) is 0 Å². The molecule has 1 saturated heterocycles. The second kappa shape index (κ2) is 8.52. The van der Waals surface area contributed by atoms with Crippen molar-refractivity contribution in [2.24, 2.45) is 0 Å². The van der Waals surface area contributed by atoms with Crippen LogP contribution >= 0.6 is 0 Å². The number of fused-ring (bicyclic) bond motifs is 1. The van der Waals surface area contributed by atoms with Crippen LogP contribution in [0.2, 0.25) is 0 Å². The molecule has 2 aromatic heterocycles. The van der Waals surface area contributed by atoms with E-state index >= 15 is 0 Å². The lowest BCUT2D eigenvalue weighted by Gasteiger charge is -2.28. The molecular formula is C25H22N6O. The number of H-pyrrole nitrogens is 1. The van der Waals surface area contributed by atoms with Crippen molar-refractivity contribution in [1.82, 2.24) is 15.2 Å². The molecule has 1 aliphatic heterocycles. The number of nitrogens with zero attached hydrogens (tertiary/aromatic N) is 4. The predicted molar refractivity (Wildman–Crippen MR) is 124 cm³/mol. The maximum Gasteiger partial charge on any atom is 0.276 e. The van der Waals surface area contributed by atoms with Crippen LogP contribution in [-0.2, 0) is 0 Å². The molecule has 0 bridgehead atoms. The number of piperidine rings is 1. The van der Waals surface area contributed by atoms with Crippen molar-refractivity contribution in [2.75, 3.05) is 23.3 Å². The molecular weight excluding hydrogens is 400 g/mol. The van der Waals surface area contributed by atoms with Crippen LogP contribution < -0.4 is 10.2 Å². The zero-order chi connectivity index (χ0) is 21.9. The average Bonchev–Trinajstić information content (AvgIpc) is 3.29. The number of carbonyl (C=O) groups excluding carboxylic acids is 1. The number of amides is 1. The fraction of sp³-hybridized carbons (Fsp3) is 0.200. The topological polar surface area (TPSA) is 97.7 Å². The van der Waals surface area contributed by atoms with Crippen LogP contribution in [0.3, 0.4) is 0 Å². The molecule has 4 aromatic rings. The van der Waals surface area contributed by atoms with Gasteiger partial charge in [0.25, 0.3) is 5.91 Å². The summed E-state index contributed by atoms with van der Waals surface area (Å²) in [4.78, 5) is 19.7. The van der Waals surface area contributed by atoms with E-state index in [1.165, 1.54) is 19.3 Å². The summed E-state index contributed by atoms with van der Waals surface area (Å²) >= 11 is 0. The number of anilines is 2. The Kier molecular flexibility index (Phi) is 5.26. The highest BCUT2D eigenvalue weighted by Gasteiger charge is 2.16. The smallest absolute Gasteiger partial charge is 0.276 e. The molecule has 7 heteroatoms. The van der Waals surface area contributed by atoms with Gasteiger partial charge in [0.15, 0.2) is 5.69 Å². The van der Waals surface area contributed by atoms with E-state index in [4.69, 9.17) is 5.26 Å². The Balaban J connectivity index is 1.43. The Bertz CT molecular complexity index is 1310. The second-order valence-corrected chi connectivity index (χ2v) is 7.96. The lowest BCUT2D eigenvalue weighted by molar-refractivity contribution is 0.102. The molecule has 1 fully saturated rings. The van der Waals surface area contributed by atoms with Gasteiger partial charge in [-0.05, 0) is 67.3 Å². The first-order valence-corrected chi connectivity index (χ1v) is 10.7. The van der Waals surface area contributed by atoms with Crippen LogP contribution in [0.1, 0.15) is 35.3 Å². The Hall–Kier alpha value is -4.18. The third-order valence-corrected chi connectivity index (χ3v) is 5.83. The quantitative estimate of drug-likeness (QED) is 0.495. The van der Waals surface area contributed by atoms with Crippen LogP contribution in [-0.4, -0.2) is 34.2 Å². The van der Waals surface area contributed by atoms with Crippen LogP contribution in [0, 0.1) is 11.3 Å². The summed E-state index contributed by atoms with van der Waals surface area (Å²) in [6, 6.07) is 16.9. The molecule has 158 valence electrons. The number of benzene rings is 2. The lowest BCUT2D eigenvalue weighted by atomic mass is 10.0. The maximum absolute atomic E-state index is 12.9. The molecule has 3 heterocycles. The summed E-state index contributed by atoms with van der Waals surface area (Å²) in [6.45, 7) is 2.12. The van der Waals surface area contributed by atoms with E-state index in [1.54, 1.807) is 24.3 Å². The molecule has 0 unspecified atom stereocenters. The normalized spacial score (nSPS) is 13.7. The summed E-state index contributed by atoms with van der Waals surface area (Å²) in [5, 5.41) is 19.7. The average molecular weight is 422 g/mol. The number of nitrogens with one attached hydrogen (secondary N) is 2. The Morgan fingerprint density at radius 2 is 1.81 bits per heavy atom. The van der Waals surface area contributed by atoms with E-state index in [-0.39, 0.29) is 5.91 Å². The summed E-state index contributed by atoms with van der Waals surface area (Å²) in [5.74, 6) is -0.307. The Morgan fingerprint density at radius 3 is 2.59 bits per heavy atom. The number of nitriles is 1. The molecule has 2 aromatic carbocycles. The molecule has 0 aliphatic carbocycles. The minimum Gasteiger partial charge on any atom is -0.370 e. The van der Waals surface area contributed by atoms with Gasteiger partial charge >= 0.3 is 0 Å². The number of carbonyl (C=O) groups is 1. The lowest BCUT2D eigenvalue weighted by Crippen LogP contribution is -2.29. The van der Waals surface area contributed by atoms with Crippen molar-refractivity contribution < 1.29 is 4.79 Å². The van der Waals surface area contributed by atoms with Gasteiger partial charge in [-0.2, -0.15) is 10.4 Å². The van der Waals surface area contributed by atoms with Crippen molar-refractivity contribution in [2.45, 2.75) is 19.3 Å². The molecule has 0 atom stereocenters. The molecule has 5 rings (SSSR count). The van der Waals surface area contributed by atoms with E-state index in [9.17, 15) is 4.79 Å². The number of pyridine rings is 1.